The van der Waals surface area contributed by atoms with E-state index in [1.807, 2.05) is 55.5 Å². The highest BCUT2D eigenvalue weighted by Crippen LogP contribution is 2.31. The van der Waals surface area contributed by atoms with E-state index in [-0.39, 0.29) is 5.56 Å². The Kier molecular flexibility index (Phi) is 4.65. The van der Waals surface area contributed by atoms with Crippen molar-refractivity contribution in [1.29, 1.82) is 0 Å². The van der Waals surface area contributed by atoms with E-state index in [0.717, 1.165) is 35.3 Å². The molecular weight excluding hydrogens is 322 g/mol. The number of aromatic nitrogens is 2. The van der Waals surface area contributed by atoms with Crippen LogP contribution in [0.25, 0.3) is 10.9 Å². The zero-order valence-electron chi connectivity index (χ0n) is 15.1. The fourth-order valence-electron chi connectivity index (χ4n) is 3.73. The van der Waals surface area contributed by atoms with Gasteiger partial charge < -0.3 is 0 Å². The Hall–Kier alpha value is -2.75. The maximum atomic E-state index is 13.1. The number of para-hydroxylation sites is 1. The number of nitrogens with zero attached hydrogens (tertiary/aromatic N) is 3. The van der Waals surface area contributed by atoms with Gasteiger partial charge in [-0.2, -0.15) is 9.78 Å². The lowest BCUT2D eigenvalue weighted by Gasteiger charge is -2.22. The molecule has 0 saturated heterocycles. The first-order valence-electron chi connectivity index (χ1n) is 9.36. The number of hydrogen-bond acceptors (Lipinski definition) is 3. The molecule has 132 valence electrons. The van der Waals surface area contributed by atoms with Crippen LogP contribution in [-0.2, 0) is 0 Å². The summed E-state index contributed by atoms with van der Waals surface area (Å²) in [6.45, 7) is 2.05. The number of aryl methyl sites for hydroxylation is 1. The van der Waals surface area contributed by atoms with Crippen molar-refractivity contribution in [2.45, 2.75) is 44.9 Å². The quantitative estimate of drug-likeness (QED) is 0.650. The molecule has 1 heterocycles. The number of rotatable bonds is 3. The van der Waals surface area contributed by atoms with Gasteiger partial charge in [0.2, 0.25) is 0 Å². The Morgan fingerprint density at radius 2 is 1.77 bits per heavy atom. The van der Waals surface area contributed by atoms with Crippen LogP contribution in [0.4, 0.5) is 0 Å². The van der Waals surface area contributed by atoms with E-state index in [1.54, 1.807) is 6.21 Å². The molecule has 1 saturated carbocycles. The molecule has 0 radical (unpaired) electrons. The van der Waals surface area contributed by atoms with Gasteiger partial charge in [0.1, 0.15) is 5.82 Å². The first-order chi connectivity index (χ1) is 12.7. The van der Waals surface area contributed by atoms with Gasteiger partial charge in [-0.3, -0.25) is 4.79 Å². The number of fused-ring (bicyclic) bond motifs is 1. The minimum atomic E-state index is -0.0824. The molecular formula is C22H23N3O. The van der Waals surface area contributed by atoms with Crippen molar-refractivity contribution in [2.75, 3.05) is 0 Å². The molecule has 1 aromatic heterocycles. The Morgan fingerprint density at radius 3 is 2.58 bits per heavy atom. The number of benzene rings is 2. The average Bonchev–Trinajstić information content (AvgIpc) is 2.69. The Labute approximate surface area is 153 Å². The molecule has 0 aliphatic heterocycles. The molecule has 0 N–H and O–H groups in total. The lowest BCUT2D eigenvalue weighted by Crippen LogP contribution is -2.25. The highest BCUT2D eigenvalue weighted by molar-refractivity contribution is 5.82. The van der Waals surface area contributed by atoms with Crippen molar-refractivity contribution in [3.8, 4) is 0 Å². The summed E-state index contributed by atoms with van der Waals surface area (Å²) in [4.78, 5) is 18.0. The third-order valence-corrected chi connectivity index (χ3v) is 5.25. The van der Waals surface area contributed by atoms with Crippen molar-refractivity contribution in [3.05, 3.63) is 75.8 Å². The summed E-state index contributed by atoms with van der Waals surface area (Å²) in [5.74, 6) is 1.10. The van der Waals surface area contributed by atoms with Gasteiger partial charge in [-0.1, -0.05) is 55.7 Å². The zero-order valence-corrected chi connectivity index (χ0v) is 15.1. The Balaban J connectivity index is 1.86. The van der Waals surface area contributed by atoms with Gasteiger partial charge in [0.25, 0.3) is 5.56 Å². The van der Waals surface area contributed by atoms with E-state index in [1.165, 1.54) is 23.9 Å². The molecule has 3 aromatic rings. The third kappa shape index (κ3) is 3.19. The lowest BCUT2D eigenvalue weighted by atomic mass is 9.88. The molecule has 1 fully saturated rings. The zero-order chi connectivity index (χ0) is 17.9. The molecule has 1 aliphatic carbocycles. The SMILES string of the molecule is Cc1ccccc1C=Nn1c(C2CCCCC2)nc2ccccc2c1=O. The summed E-state index contributed by atoms with van der Waals surface area (Å²) < 4.78 is 1.53. The van der Waals surface area contributed by atoms with Crippen LogP contribution in [-0.4, -0.2) is 15.9 Å². The predicted octanol–water partition coefficient (Wildman–Crippen LogP) is 4.63. The van der Waals surface area contributed by atoms with Gasteiger partial charge in [-0.15, -0.1) is 0 Å². The molecule has 2 aromatic carbocycles. The second-order valence-corrected chi connectivity index (χ2v) is 7.04. The smallest absolute Gasteiger partial charge is 0.267 e. The molecule has 4 rings (SSSR count). The fraction of sp³-hybridized carbons (Fsp3) is 0.318. The molecule has 0 spiro atoms. The number of hydrogen-bond donors (Lipinski definition) is 0. The van der Waals surface area contributed by atoms with Gasteiger partial charge in [-0.25, -0.2) is 4.98 Å². The second-order valence-electron chi connectivity index (χ2n) is 7.04. The highest BCUT2D eigenvalue weighted by atomic mass is 16.1. The standard InChI is InChI=1S/C22H23N3O/c1-16-9-5-6-12-18(16)15-23-25-21(17-10-3-2-4-11-17)24-20-14-8-7-13-19(20)22(25)26/h5-9,12-15,17H,2-4,10-11H2,1H3. The van der Waals surface area contributed by atoms with Crippen LogP contribution < -0.4 is 5.56 Å². The van der Waals surface area contributed by atoms with Gasteiger partial charge in [0, 0.05) is 5.92 Å². The van der Waals surface area contributed by atoms with Crippen molar-refractivity contribution in [1.82, 2.24) is 9.66 Å². The van der Waals surface area contributed by atoms with Gasteiger partial charge in [-0.05, 0) is 43.0 Å². The Bertz CT molecular complexity index is 1010. The summed E-state index contributed by atoms with van der Waals surface area (Å²) in [6, 6.07) is 15.6. The van der Waals surface area contributed by atoms with Crippen molar-refractivity contribution < 1.29 is 0 Å². The van der Waals surface area contributed by atoms with Crippen LogP contribution in [0.2, 0.25) is 0 Å². The summed E-state index contributed by atoms with van der Waals surface area (Å²) in [5, 5.41) is 5.20. The Morgan fingerprint density at radius 1 is 1.04 bits per heavy atom. The van der Waals surface area contributed by atoms with E-state index >= 15 is 0 Å². The molecule has 1 aliphatic rings. The normalized spacial score (nSPS) is 15.7. The molecule has 0 bridgehead atoms. The van der Waals surface area contributed by atoms with E-state index in [4.69, 9.17) is 4.98 Å². The predicted molar refractivity (Wildman–Crippen MR) is 106 cm³/mol. The molecule has 4 heteroatoms. The molecule has 4 nitrogen and oxygen atoms in total. The lowest BCUT2D eigenvalue weighted by molar-refractivity contribution is 0.416. The summed E-state index contributed by atoms with van der Waals surface area (Å²) in [5.41, 5.74) is 2.83. The maximum absolute atomic E-state index is 13.1. The first kappa shape index (κ1) is 16.7. The largest absolute Gasteiger partial charge is 0.282 e. The van der Waals surface area contributed by atoms with Crippen LogP contribution in [0.1, 0.15) is 55.0 Å². The van der Waals surface area contributed by atoms with Crippen molar-refractivity contribution in [2.24, 2.45) is 5.10 Å². The first-order valence-corrected chi connectivity index (χ1v) is 9.36. The maximum Gasteiger partial charge on any atom is 0.282 e. The summed E-state index contributed by atoms with van der Waals surface area (Å²) in [7, 11) is 0. The summed E-state index contributed by atoms with van der Waals surface area (Å²) in [6.07, 6.45) is 7.57. The topological polar surface area (TPSA) is 47.2 Å². The third-order valence-electron chi connectivity index (χ3n) is 5.25. The minimum Gasteiger partial charge on any atom is -0.267 e. The van der Waals surface area contributed by atoms with Crippen LogP contribution in [0, 0.1) is 6.92 Å². The molecule has 0 unspecified atom stereocenters. The average molecular weight is 345 g/mol. The fourth-order valence-corrected chi connectivity index (χ4v) is 3.73. The van der Waals surface area contributed by atoms with Crippen LogP contribution in [0.15, 0.2) is 58.4 Å². The van der Waals surface area contributed by atoms with Crippen LogP contribution >= 0.6 is 0 Å². The highest BCUT2D eigenvalue weighted by Gasteiger charge is 2.22. The molecule has 26 heavy (non-hydrogen) atoms. The summed E-state index contributed by atoms with van der Waals surface area (Å²) >= 11 is 0. The van der Waals surface area contributed by atoms with E-state index in [2.05, 4.69) is 5.10 Å². The monoisotopic (exact) mass is 345 g/mol. The molecule has 0 amide bonds. The minimum absolute atomic E-state index is 0.0824. The molecule has 0 atom stereocenters. The van der Waals surface area contributed by atoms with Gasteiger partial charge in [0.15, 0.2) is 0 Å². The van der Waals surface area contributed by atoms with Crippen LogP contribution in [0.3, 0.4) is 0 Å². The van der Waals surface area contributed by atoms with E-state index in [0.29, 0.717) is 11.3 Å². The van der Waals surface area contributed by atoms with Crippen LogP contribution in [0.5, 0.6) is 0 Å². The second kappa shape index (κ2) is 7.24. The van der Waals surface area contributed by atoms with E-state index in [9.17, 15) is 4.79 Å². The van der Waals surface area contributed by atoms with Gasteiger partial charge in [0.05, 0.1) is 17.1 Å². The van der Waals surface area contributed by atoms with E-state index < -0.39 is 0 Å². The van der Waals surface area contributed by atoms with Gasteiger partial charge >= 0.3 is 0 Å². The van der Waals surface area contributed by atoms with Crippen molar-refractivity contribution in [3.63, 3.8) is 0 Å². The van der Waals surface area contributed by atoms with Crippen molar-refractivity contribution >= 4 is 17.1 Å².